The van der Waals surface area contributed by atoms with Gasteiger partial charge in [-0.25, -0.2) is 0 Å². The van der Waals surface area contributed by atoms with Gasteiger partial charge in [-0.1, -0.05) is 0 Å². The number of nitrogens with one attached hydrogen (secondary N) is 1. The van der Waals surface area contributed by atoms with Crippen molar-refractivity contribution >= 4 is 0 Å². The maximum Gasteiger partial charge on any atom is 0.110 e. The van der Waals surface area contributed by atoms with E-state index in [9.17, 15) is 0 Å². The van der Waals surface area contributed by atoms with Crippen LogP contribution in [0.1, 0.15) is 6.92 Å². The Morgan fingerprint density at radius 3 is 3.15 bits per heavy atom. The molecule has 0 aliphatic carbocycles. The highest BCUT2D eigenvalue weighted by Gasteiger charge is 2.22. The Labute approximate surface area is 79.5 Å². The second-order valence-electron chi connectivity index (χ2n) is 3.39. The van der Waals surface area contributed by atoms with Crippen LogP contribution in [0.4, 0.5) is 0 Å². The molecule has 2 atom stereocenters. The molecule has 1 N–H and O–H groups in total. The number of nitrogens with zero attached hydrogens (tertiary/aromatic N) is 2. The lowest BCUT2D eigenvalue weighted by Gasteiger charge is -2.33. The molecule has 4 heteroatoms. The molecular weight excluding hydrogens is 166 g/mol. The fraction of sp³-hybridized carbons (Fsp3) is 0.889. The molecule has 1 heterocycles. The quantitative estimate of drug-likeness (QED) is 0.659. The Morgan fingerprint density at radius 1 is 1.77 bits per heavy atom. The molecule has 0 aromatic heterocycles. The zero-order valence-corrected chi connectivity index (χ0v) is 8.29. The van der Waals surface area contributed by atoms with Gasteiger partial charge < -0.3 is 10.1 Å². The van der Waals surface area contributed by atoms with Crippen LogP contribution in [0.2, 0.25) is 0 Å². The predicted octanol–water partition coefficient (Wildman–Crippen LogP) is -0.181. The van der Waals surface area contributed by atoms with Crippen LogP contribution >= 0.6 is 0 Å². The summed E-state index contributed by atoms with van der Waals surface area (Å²) in [5.74, 6) is 0. The molecule has 0 spiro atoms. The van der Waals surface area contributed by atoms with Gasteiger partial charge in [0, 0.05) is 33.3 Å². The number of nitriles is 1. The molecule has 0 amide bonds. The van der Waals surface area contributed by atoms with Crippen molar-refractivity contribution in [3.63, 3.8) is 0 Å². The summed E-state index contributed by atoms with van der Waals surface area (Å²) in [7, 11) is 1.70. The second kappa shape index (κ2) is 5.18. The van der Waals surface area contributed by atoms with Gasteiger partial charge in [0.25, 0.3) is 0 Å². The Bertz CT molecular complexity index is 190. The van der Waals surface area contributed by atoms with Gasteiger partial charge >= 0.3 is 0 Å². The largest absolute Gasteiger partial charge is 0.380 e. The number of ether oxygens (including phenoxy) is 1. The molecule has 74 valence electrons. The molecule has 0 aromatic rings. The molecular formula is C9H17N3O. The number of hydrogen-bond acceptors (Lipinski definition) is 4. The number of hydrogen-bond donors (Lipinski definition) is 1. The first-order chi connectivity index (χ1) is 6.27. The summed E-state index contributed by atoms with van der Waals surface area (Å²) in [4.78, 5) is 2.17. The average molecular weight is 183 g/mol. The fourth-order valence-corrected chi connectivity index (χ4v) is 1.50. The Morgan fingerprint density at radius 2 is 2.54 bits per heavy atom. The van der Waals surface area contributed by atoms with E-state index < -0.39 is 0 Å². The zero-order chi connectivity index (χ0) is 9.68. The van der Waals surface area contributed by atoms with E-state index in [0.29, 0.717) is 0 Å². The van der Waals surface area contributed by atoms with Gasteiger partial charge in [-0.15, -0.1) is 0 Å². The first-order valence-electron chi connectivity index (χ1n) is 4.65. The molecule has 0 saturated carbocycles. The van der Waals surface area contributed by atoms with Gasteiger partial charge in [0.1, 0.15) is 6.04 Å². The van der Waals surface area contributed by atoms with Crippen molar-refractivity contribution in [2.45, 2.75) is 19.1 Å². The lowest BCUT2D eigenvalue weighted by atomic mass is 10.2. The average Bonchev–Trinajstić information content (AvgIpc) is 2.18. The van der Waals surface area contributed by atoms with Gasteiger partial charge in [-0.3, -0.25) is 4.90 Å². The van der Waals surface area contributed by atoms with Crippen LogP contribution in [0.15, 0.2) is 0 Å². The van der Waals surface area contributed by atoms with Gasteiger partial charge in [0.2, 0.25) is 0 Å². The van der Waals surface area contributed by atoms with E-state index in [1.54, 1.807) is 7.11 Å². The zero-order valence-electron chi connectivity index (χ0n) is 8.29. The van der Waals surface area contributed by atoms with Crippen molar-refractivity contribution in [1.82, 2.24) is 10.2 Å². The molecule has 0 radical (unpaired) electrons. The van der Waals surface area contributed by atoms with Crippen molar-refractivity contribution in [3.8, 4) is 6.07 Å². The van der Waals surface area contributed by atoms with Crippen LogP contribution in [0.3, 0.4) is 0 Å². The van der Waals surface area contributed by atoms with Gasteiger partial charge in [-0.2, -0.15) is 5.26 Å². The Balaban J connectivity index is 2.41. The second-order valence-corrected chi connectivity index (χ2v) is 3.39. The molecule has 0 aromatic carbocycles. The summed E-state index contributed by atoms with van der Waals surface area (Å²) in [6, 6.07) is 2.30. The van der Waals surface area contributed by atoms with Gasteiger partial charge in [0.15, 0.2) is 0 Å². The molecule has 1 aliphatic heterocycles. The smallest absolute Gasteiger partial charge is 0.110 e. The molecule has 4 nitrogen and oxygen atoms in total. The molecule has 2 unspecified atom stereocenters. The van der Waals surface area contributed by atoms with Crippen LogP contribution < -0.4 is 5.32 Å². The Kier molecular flexibility index (Phi) is 4.16. The van der Waals surface area contributed by atoms with Gasteiger partial charge in [0.05, 0.1) is 12.2 Å². The monoisotopic (exact) mass is 183 g/mol. The van der Waals surface area contributed by atoms with Crippen LogP contribution in [0, 0.1) is 11.3 Å². The number of rotatable bonds is 3. The molecule has 0 bridgehead atoms. The topological polar surface area (TPSA) is 48.3 Å². The molecule has 1 saturated heterocycles. The number of methoxy groups -OCH3 is 1. The molecule has 1 rings (SSSR count). The summed E-state index contributed by atoms with van der Waals surface area (Å²) in [5, 5.41) is 12.1. The number of piperazine rings is 1. The third-order valence-corrected chi connectivity index (χ3v) is 2.40. The van der Waals surface area contributed by atoms with Crippen LogP contribution in [-0.2, 0) is 4.74 Å². The summed E-state index contributed by atoms with van der Waals surface area (Å²) in [5.41, 5.74) is 0. The van der Waals surface area contributed by atoms with Crippen LogP contribution in [0.5, 0.6) is 0 Å². The maximum absolute atomic E-state index is 8.87. The van der Waals surface area contributed by atoms with Crippen LogP contribution in [-0.4, -0.2) is 50.3 Å². The van der Waals surface area contributed by atoms with E-state index in [-0.39, 0.29) is 12.1 Å². The van der Waals surface area contributed by atoms with E-state index >= 15 is 0 Å². The van der Waals surface area contributed by atoms with E-state index in [2.05, 4.69) is 16.3 Å². The maximum atomic E-state index is 8.87. The van der Waals surface area contributed by atoms with Gasteiger partial charge in [-0.05, 0) is 6.92 Å². The summed E-state index contributed by atoms with van der Waals surface area (Å²) in [6.45, 7) is 5.54. The third kappa shape index (κ3) is 2.96. The van der Waals surface area contributed by atoms with Crippen molar-refractivity contribution < 1.29 is 4.74 Å². The highest BCUT2D eigenvalue weighted by Crippen LogP contribution is 2.04. The third-order valence-electron chi connectivity index (χ3n) is 2.40. The highest BCUT2D eigenvalue weighted by molar-refractivity contribution is 4.96. The lowest BCUT2D eigenvalue weighted by molar-refractivity contribution is 0.0618. The Hall–Kier alpha value is -0.630. The standard InChI is InChI=1S/C9H17N3O/c1-8(13-2)7-12-4-3-11-6-9(12)5-10/h8-9,11H,3-4,6-7H2,1-2H3. The molecule has 13 heavy (non-hydrogen) atoms. The SMILES string of the molecule is COC(C)CN1CCNCC1C#N. The van der Waals surface area contributed by atoms with E-state index in [0.717, 1.165) is 26.2 Å². The van der Waals surface area contributed by atoms with Crippen molar-refractivity contribution in [3.05, 3.63) is 0 Å². The minimum Gasteiger partial charge on any atom is -0.380 e. The normalized spacial score (nSPS) is 26.7. The predicted molar refractivity (Wildman–Crippen MR) is 50.3 cm³/mol. The lowest BCUT2D eigenvalue weighted by Crippen LogP contribution is -2.52. The van der Waals surface area contributed by atoms with Crippen LogP contribution in [0.25, 0.3) is 0 Å². The van der Waals surface area contributed by atoms with Crippen molar-refractivity contribution in [1.29, 1.82) is 5.26 Å². The minimum atomic E-state index is 0.00588. The highest BCUT2D eigenvalue weighted by atomic mass is 16.5. The first-order valence-corrected chi connectivity index (χ1v) is 4.65. The minimum absolute atomic E-state index is 0.00588. The first kappa shape index (κ1) is 10.5. The van der Waals surface area contributed by atoms with E-state index in [1.807, 2.05) is 6.92 Å². The van der Waals surface area contributed by atoms with Crippen molar-refractivity contribution in [2.75, 3.05) is 33.3 Å². The summed E-state index contributed by atoms with van der Waals surface area (Å²) >= 11 is 0. The molecule has 1 aliphatic rings. The van der Waals surface area contributed by atoms with Crippen molar-refractivity contribution in [2.24, 2.45) is 0 Å². The summed E-state index contributed by atoms with van der Waals surface area (Å²) in [6.07, 6.45) is 0.203. The van der Waals surface area contributed by atoms with E-state index in [4.69, 9.17) is 10.00 Å². The fourth-order valence-electron chi connectivity index (χ4n) is 1.50. The molecule has 1 fully saturated rings. The summed E-state index contributed by atoms with van der Waals surface area (Å²) < 4.78 is 5.17. The van der Waals surface area contributed by atoms with E-state index in [1.165, 1.54) is 0 Å².